The van der Waals surface area contributed by atoms with Crippen molar-refractivity contribution in [3.63, 3.8) is 0 Å². The maximum Gasteiger partial charge on any atom is 0.251 e. The first-order valence-corrected chi connectivity index (χ1v) is 7.84. The lowest BCUT2D eigenvalue weighted by molar-refractivity contribution is 0.236. The largest absolute Gasteiger partial charge is 0.464 e. The summed E-state index contributed by atoms with van der Waals surface area (Å²) in [6.07, 6.45) is 0.0308. The van der Waals surface area contributed by atoms with Crippen LogP contribution >= 0.6 is 35.0 Å². The maximum atomic E-state index is 5.89. The Labute approximate surface area is 131 Å². The van der Waals surface area contributed by atoms with Gasteiger partial charge in [-0.3, -0.25) is 0 Å². The molecule has 0 aliphatic carbocycles. The molecule has 2 aromatic rings. The van der Waals surface area contributed by atoms with Crippen molar-refractivity contribution >= 4 is 45.9 Å². The number of rotatable bonds is 2. The number of aliphatic imine (C=N–C) groups is 1. The average Bonchev–Trinajstić information content (AvgIpc) is 2.91. The van der Waals surface area contributed by atoms with Crippen molar-refractivity contribution in [2.45, 2.75) is 6.10 Å². The molecule has 102 valence electrons. The molecule has 5 heteroatoms. The summed E-state index contributed by atoms with van der Waals surface area (Å²) in [7, 11) is 0. The zero-order valence-corrected chi connectivity index (χ0v) is 12.8. The smallest absolute Gasteiger partial charge is 0.251 e. The first kappa shape index (κ1) is 13.8. The molecule has 1 unspecified atom stereocenters. The summed E-state index contributed by atoms with van der Waals surface area (Å²) in [5.74, 6) is 0.855. The molecule has 0 radical (unpaired) electrons. The van der Waals surface area contributed by atoms with Crippen molar-refractivity contribution in [3.8, 4) is 0 Å². The fourth-order valence-electron chi connectivity index (χ4n) is 1.86. The van der Waals surface area contributed by atoms with Gasteiger partial charge in [0.1, 0.15) is 6.10 Å². The standard InChI is InChI=1S/C15H11Cl2NOS/c16-11-3-1-10(2-4-11)14-9-20-15(19-14)18-13-7-5-12(17)6-8-13/h1-8,14H,9H2. The van der Waals surface area contributed by atoms with E-state index in [0.717, 1.165) is 22.0 Å². The highest BCUT2D eigenvalue weighted by Gasteiger charge is 2.24. The van der Waals surface area contributed by atoms with Gasteiger partial charge in [0.05, 0.1) is 5.69 Å². The van der Waals surface area contributed by atoms with Crippen LogP contribution in [0.3, 0.4) is 0 Å². The molecule has 0 aromatic heterocycles. The van der Waals surface area contributed by atoms with Gasteiger partial charge in [0.2, 0.25) is 0 Å². The first-order valence-electron chi connectivity index (χ1n) is 6.10. The van der Waals surface area contributed by atoms with Crippen molar-refractivity contribution in [2.24, 2.45) is 4.99 Å². The lowest BCUT2D eigenvalue weighted by Crippen LogP contribution is -2.00. The highest BCUT2D eigenvalue weighted by atomic mass is 35.5. The molecule has 1 fully saturated rings. The molecule has 2 nitrogen and oxygen atoms in total. The maximum absolute atomic E-state index is 5.89. The van der Waals surface area contributed by atoms with Crippen LogP contribution in [-0.2, 0) is 4.74 Å². The van der Waals surface area contributed by atoms with E-state index in [-0.39, 0.29) is 6.10 Å². The van der Waals surface area contributed by atoms with Crippen LogP contribution in [0.5, 0.6) is 0 Å². The van der Waals surface area contributed by atoms with Gasteiger partial charge in [-0.15, -0.1) is 0 Å². The topological polar surface area (TPSA) is 21.6 Å². The van der Waals surface area contributed by atoms with Crippen molar-refractivity contribution in [2.75, 3.05) is 5.75 Å². The Morgan fingerprint density at radius 1 is 0.950 bits per heavy atom. The molecule has 1 heterocycles. The van der Waals surface area contributed by atoms with Gasteiger partial charge in [0.15, 0.2) is 0 Å². The van der Waals surface area contributed by atoms with Gasteiger partial charge in [-0.1, -0.05) is 47.1 Å². The molecule has 1 aliphatic heterocycles. The van der Waals surface area contributed by atoms with Gasteiger partial charge in [0.25, 0.3) is 5.23 Å². The van der Waals surface area contributed by atoms with Crippen LogP contribution in [0, 0.1) is 0 Å². The van der Waals surface area contributed by atoms with E-state index in [2.05, 4.69) is 4.99 Å². The van der Waals surface area contributed by atoms with Crippen LogP contribution in [0.4, 0.5) is 5.69 Å². The molecule has 2 aromatic carbocycles. The zero-order chi connectivity index (χ0) is 13.9. The molecule has 1 aliphatic rings. The number of ether oxygens (including phenoxy) is 1. The van der Waals surface area contributed by atoms with Gasteiger partial charge < -0.3 is 4.74 Å². The van der Waals surface area contributed by atoms with Gasteiger partial charge >= 0.3 is 0 Å². The minimum atomic E-state index is 0.0308. The highest BCUT2D eigenvalue weighted by molar-refractivity contribution is 8.13. The van der Waals surface area contributed by atoms with Crippen molar-refractivity contribution in [1.82, 2.24) is 0 Å². The SMILES string of the molecule is Clc1ccc(N=C2OC(c3ccc(Cl)cc3)CS2)cc1. The van der Waals surface area contributed by atoms with E-state index in [0.29, 0.717) is 10.3 Å². The zero-order valence-electron chi connectivity index (χ0n) is 10.4. The predicted octanol–water partition coefficient (Wildman–Crippen LogP) is 5.49. The third-order valence-electron chi connectivity index (χ3n) is 2.89. The van der Waals surface area contributed by atoms with Crippen LogP contribution in [-0.4, -0.2) is 11.0 Å². The average molecular weight is 324 g/mol. The second-order valence-electron chi connectivity index (χ2n) is 4.32. The molecule has 0 N–H and O–H groups in total. The van der Waals surface area contributed by atoms with Crippen LogP contribution in [0.25, 0.3) is 0 Å². The first-order chi connectivity index (χ1) is 9.70. The lowest BCUT2D eigenvalue weighted by Gasteiger charge is -2.09. The van der Waals surface area contributed by atoms with Gasteiger partial charge in [0, 0.05) is 15.8 Å². The van der Waals surface area contributed by atoms with E-state index in [1.54, 1.807) is 11.8 Å². The lowest BCUT2D eigenvalue weighted by atomic mass is 10.1. The number of benzene rings is 2. The van der Waals surface area contributed by atoms with Crippen LogP contribution in [0.1, 0.15) is 11.7 Å². The summed E-state index contributed by atoms with van der Waals surface area (Å²) in [6, 6.07) is 15.1. The third-order valence-corrected chi connectivity index (χ3v) is 4.30. The van der Waals surface area contributed by atoms with E-state index >= 15 is 0 Å². The fraction of sp³-hybridized carbons (Fsp3) is 0.133. The minimum Gasteiger partial charge on any atom is -0.464 e. The Bertz CT molecular complexity index is 625. The van der Waals surface area contributed by atoms with Gasteiger partial charge in [-0.2, -0.15) is 0 Å². The number of hydrogen-bond acceptors (Lipinski definition) is 3. The van der Waals surface area contributed by atoms with Gasteiger partial charge in [-0.05, 0) is 42.0 Å². The van der Waals surface area contributed by atoms with Crippen molar-refractivity contribution in [1.29, 1.82) is 0 Å². The monoisotopic (exact) mass is 323 g/mol. The summed E-state index contributed by atoms with van der Waals surface area (Å²) in [5.41, 5.74) is 1.96. The van der Waals surface area contributed by atoms with Crippen LogP contribution < -0.4 is 0 Å². The third kappa shape index (κ3) is 3.29. The number of thioether (sulfide) groups is 1. The summed E-state index contributed by atoms with van der Waals surface area (Å²) >= 11 is 13.3. The van der Waals surface area contributed by atoms with E-state index in [4.69, 9.17) is 27.9 Å². The molecular formula is C15H11Cl2NOS. The van der Waals surface area contributed by atoms with Crippen LogP contribution in [0.2, 0.25) is 10.0 Å². The second-order valence-corrected chi connectivity index (χ2v) is 6.17. The summed E-state index contributed by atoms with van der Waals surface area (Å²) in [5, 5.41) is 2.12. The van der Waals surface area contributed by atoms with Crippen LogP contribution in [0.15, 0.2) is 53.5 Å². The molecule has 0 bridgehead atoms. The van der Waals surface area contributed by atoms with Gasteiger partial charge in [-0.25, -0.2) is 4.99 Å². The highest BCUT2D eigenvalue weighted by Crippen LogP contribution is 2.33. The molecule has 1 saturated heterocycles. The number of hydrogen-bond donors (Lipinski definition) is 0. The molecule has 0 saturated carbocycles. The number of nitrogens with zero attached hydrogens (tertiary/aromatic N) is 1. The summed E-state index contributed by atoms with van der Waals surface area (Å²) in [4.78, 5) is 4.47. The van der Waals surface area contributed by atoms with E-state index in [1.165, 1.54) is 0 Å². The normalized spacial score (nSPS) is 20.1. The molecule has 20 heavy (non-hydrogen) atoms. The minimum absolute atomic E-state index is 0.0308. The molecule has 0 amide bonds. The Morgan fingerprint density at radius 3 is 2.20 bits per heavy atom. The van der Waals surface area contributed by atoms with E-state index in [1.807, 2.05) is 48.5 Å². The quantitative estimate of drug-likeness (QED) is 0.729. The fourth-order valence-corrected chi connectivity index (χ4v) is 3.02. The van der Waals surface area contributed by atoms with E-state index < -0.39 is 0 Å². The predicted molar refractivity (Wildman–Crippen MR) is 86.3 cm³/mol. The second kappa shape index (κ2) is 6.08. The Kier molecular flexibility index (Phi) is 4.20. The molecule has 3 rings (SSSR count). The Hall–Kier alpha value is -1.16. The Balaban J connectivity index is 1.73. The van der Waals surface area contributed by atoms with E-state index in [9.17, 15) is 0 Å². The molecular weight excluding hydrogens is 313 g/mol. The molecule has 1 atom stereocenters. The number of halogens is 2. The van der Waals surface area contributed by atoms with Crippen molar-refractivity contribution in [3.05, 3.63) is 64.1 Å². The Morgan fingerprint density at radius 2 is 1.55 bits per heavy atom. The summed E-state index contributed by atoms with van der Waals surface area (Å²) in [6.45, 7) is 0. The summed E-state index contributed by atoms with van der Waals surface area (Å²) < 4.78 is 5.86. The van der Waals surface area contributed by atoms with Crippen molar-refractivity contribution < 1.29 is 4.74 Å². The molecule has 0 spiro atoms.